The quantitative estimate of drug-likeness (QED) is 0.566. The van der Waals surface area contributed by atoms with Crippen LogP contribution in [-0.2, 0) is 9.63 Å². The van der Waals surface area contributed by atoms with Crippen molar-refractivity contribution in [3.8, 4) is 0 Å². The summed E-state index contributed by atoms with van der Waals surface area (Å²) in [6, 6.07) is -0.751. The summed E-state index contributed by atoms with van der Waals surface area (Å²) in [7, 11) is 1.39. The molecule has 0 aromatic carbocycles. The van der Waals surface area contributed by atoms with Gasteiger partial charge in [-0.25, -0.2) is 4.98 Å². The lowest BCUT2D eigenvalue weighted by Gasteiger charge is -2.09. The number of nitrogens with zero attached hydrogens (tertiary/aromatic N) is 1. The molecule has 0 spiro atoms. The molecular formula is C6H10N4O2S. The number of anilines is 1. The molecule has 0 aliphatic heterocycles. The predicted octanol–water partition coefficient (Wildman–Crippen LogP) is -0.597. The summed E-state index contributed by atoms with van der Waals surface area (Å²) in [5, 5.41) is 2.04. The first-order chi connectivity index (χ1) is 6.15. The van der Waals surface area contributed by atoms with E-state index in [2.05, 4.69) is 15.3 Å². The Labute approximate surface area is 78.8 Å². The molecule has 1 unspecified atom stereocenters. The highest BCUT2D eigenvalue weighted by molar-refractivity contribution is 7.13. The van der Waals surface area contributed by atoms with Gasteiger partial charge < -0.3 is 16.3 Å². The fraction of sp³-hybridized carbons (Fsp3) is 0.333. The largest absolute Gasteiger partial charge is 0.375 e. The second kappa shape index (κ2) is 4.17. The summed E-state index contributed by atoms with van der Waals surface area (Å²) >= 11 is 1.24. The van der Waals surface area contributed by atoms with E-state index in [4.69, 9.17) is 11.5 Å². The van der Waals surface area contributed by atoms with Crippen LogP contribution in [0.15, 0.2) is 5.38 Å². The van der Waals surface area contributed by atoms with Crippen molar-refractivity contribution in [1.82, 2.24) is 10.5 Å². The lowest BCUT2D eigenvalue weighted by Crippen LogP contribution is -2.33. The first-order valence-corrected chi connectivity index (χ1v) is 4.32. The van der Waals surface area contributed by atoms with Crippen LogP contribution in [0.2, 0.25) is 0 Å². The summed E-state index contributed by atoms with van der Waals surface area (Å²) in [5.74, 6) is -0.563. The Kier molecular flexibility index (Phi) is 3.18. The predicted molar refractivity (Wildman–Crippen MR) is 48.6 cm³/mol. The van der Waals surface area contributed by atoms with Crippen LogP contribution in [0.1, 0.15) is 11.7 Å². The van der Waals surface area contributed by atoms with Crippen molar-refractivity contribution < 1.29 is 9.63 Å². The van der Waals surface area contributed by atoms with Gasteiger partial charge >= 0.3 is 0 Å². The molecule has 0 aliphatic rings. The maximum Gasteiger partial charge on any atom is 0.243 e. The Hall–Kier alpha value is -1.18. The van der Waals surface area contributed by atoms with Crippen LogP contribution < -0.4 is 16.9 Å². The van der Waals surface area contributed by atoms with E-state index in [9.17, 15) is 4.79 Å². The molecule has 5 N–H and O–H groups in total. The molecule has 0 aliphatic carbocycles. The maximum absolute atomic E-state index is 10.9. The normalized spacial score (nSPS) is 12.7. The number of hydroxylamine groups is 1. The van der Waals surface area contributed by atoms with Crippen molar-refractivity contribution in [1.29, 1.82) is 0 Å². The molecule has 1 amide bonds. The molecule has 1 rings (SSSR count). The summed E-state index contributed by atoms with van der Waals surface area (Å²) in [6.07, 6.45) is 0. The zero-order chi connectivity index (χ0) is 9.84. The van der Waals surface area contributed by atoms with Crippen molar-refractivity contribution in [2.45, 2.75) is 6.04 Å². The zero-order valence-corrected chi connectivity index (χ0v) is 7.80. The van der Waals surface area contributed by atoms with E-state index >= 15 is 0 Å². The third kappa shape index (κ3) is 2.38. The SMILES string of the molecule is CONC(C(N)=O)c1csc(N)n1. The number of carbonyl (C=O) groups excluding carboxylic acids is 1. The van der Waals surface area contributed by atoms with Crippen molar-refractivity contribution in [2.24, 2.45) is 5.73 Å². The number of rotatable bonds is 4. The van der Waals surface area contributed by atoms with Gasteiger partial charge in [0.1, 0.15) is 0 Å². The molecule has 1 aromatic rings. The molecule has 0 saturated carbocycles. The molecule has 1 heterocycles. The average Bonchev–Trinajstić information content (AvgIpc) is 2.46. The number of hydrogen-bond acceptors (Lipinski definition) is 6. The van der Waals surface area contributed by atoms with Crippen molar-refractivity contribution in [3.05, 3.63) is 11.1 Å². The minimum atomic E-state index is -0.751. The van der Waals surface area contributed by atoms with Crippen LogP contribution in [0.3, 0.4) is 0 Å². The molecule has 1 atom stereocenters. The van der Waals surface area contributed by atoms with Crippen molar-refractivity contribution in [2.75, 3.05) is 12.8 Å². The average molecular weight is 202 g/mol. The fourth-order valence-electron chi connectivity index (χ4n) is 0.815. The number of amides is 1. The minimum Gasteiger partial charge on any atom is -0.375 e. The van der Waals surface area contributed by atoms with E-state index in [1.165, 1.54) is 18.4 Å². The lowest BCUT2D eigenvalue weighted by atomic mass is 10.2. The van der Waals surface area contributed by atoms with Crippen LogP contribution in [-0.4, -0.2) is 18.0 Å². The van der Waals surface area contributed by atoms with E-state index in [1.54, 1.807) is 5.38 Å². The molecule has 0 saturated heterocycles. The highest BCUT2D eigenvalue weighted by Crippen LogP contribution is 2.17. The van der Waals surface area contributed by atoms with E-state index in [-0.39, 0.29) is 0 Å². The van der Waals surface area contributed by atoms with Crippen LogP contribution >= 0.6 is 11.3 Å². The minimum absolute atomic E-state index is 0.388. The van der Waals surface area contributed by atoms with Gasteiger partial charge in [0.25, 0.3) is 0 Å². The Balaban J connectivity index is 2.81. The maximum atomic E-state index is 10.9. The van der Waals surface area contributed by atoms with Crippen LogP contribution in [0, 0.1) is 0 Å². The first kappa shape index (κ1) is 9.90. The van der Waals surface area contributed by atoms with Gasteiger partial charge in [0.05, 0.1) is 12.8 Å². The van der Waals surface area contributed by atoms with E-state index in [0.717, 1.165) is 0 Å². The molecule has 0 radical (unpaired) electrons. The van der Waals surface area contributed by atoms with E-state index in [1.807, 2.05) is 0 Å². The van der Waals surface area contributed by atoms with Gasteiger partial charge in [-0.2, -0.15) is 5.48 Å². The fourth-order valence-corrected chi connectivity index (χ4v) is 1.40. The molecule has 1 aromatic heterocycles. The van der Waals surface area contributed by atoms with Crippen LogP contribution in [0.4, 0.5) is 5.13 Å². The van der Waals surface area contributed by atoms with Gasteiger partial charge in [0.2, 0.25) is 5.91 Å². The molecule has 7 heteroatoms. The highest BCUT2D eigenvalue weighted by Gasteiger charge is 2.19. The number of carbonyl (C=O) groups is 1. The number of thiazole rings is 1. The zero-order valence-electron chi connectivity index (χ0n) is 6.98. The van der Waals surface area contributed by atoms with Gasteiger partial charge in [0.15, 0.2) is 11.2 Å². The smallest absolute Gasteiger partial charge is 0.243 e. The molecule has 13 heavy (non-hydrogen) atoms. The molecule has 72 valence electrons. The molecule has 0 bridgehead atoms. The summed E-state index contributed by atoms with van der Waals surface area (Å²) in [5.41, 5.74) is 13.4. The number of nitrogens with one attached hydrogen (secondary N) is 1. The monoisotopic (exact) mass is 202 g/mol. The second-order valence-electron chi connectivity index (χ2n) is 2.27. The number of aromatic nitrogens is 1. The number of hydrogen-bond donors (Lipinski definition) is 3. The lowest BCUT2D eigenvalue weighted by molar-refractivity contribution is -0.123. The van der Waals surface area contributed by atoms with Gasteiger partial charge in [-0.05, 0) is 0 Å². The highest BCUT2D eigenvalue weighted by atomic mass is 32.1. The second-order valence-corrected chi connectivity index (χ2v) is 3.16. The topological polar surface area (TPSA) is 103 Å². The first-order valence-electron chi connectivity index (χ1n) is 3.44. The molecular weight excluding hydrogens is 192 g/mol. The Bertz CT molecular complexity index is 301. The third-order valence-electron chi connectivity index (χ3n) is 1.36. The number of nitrogens with two attached hydrogens (primary N) is 2. The standard InChI is InChI=1S/C6H10N4O2S/c1-12-10-4(5(7)11)3-2-13-6(8)9-3/h2,4,10H,1H3,(H2,7,11)(H2,8,9). The van der Waals surface area contributed by atoms with E-state index in [0.29, 0.717) is 10.8 Å². The van der Waals surface area contributed by atoms with Crippen molar-refractivity contribution in [3.63, 3.8) is 0 Å². The van der Waals surface area contributed by atoms with Crippen molar-refractivity contribution >= 4 is 22.4 Å². The Morgan fingerprint density at radius 2 is 2.54 bits per heavy atom. The number of nitrogen functional groups attached to an aromatic ring is 1. The Morgan fingerprint density at radius 1 is 1.85 bits per heavy atom. The van der Waals surface area contributed by atoms with E-state index < -0.39 is 11.9 Å². The van der Waals surface area contributed by atoms with Gasteiger partial charge in [-0.15, -0.1) is 11.3 Å². The van der Waals surface area contributed by atoms with Gasteiger partial charge in [-0.1, -0.05) is 0 Å². The van der Waals surface area contributed by atoms with Crippen LogP contribution in [0.25, 0.3) is 0 Å². The van der Waals surface area contributed by atoms with Gasteiger partial charge in [0, 0.05) is 5.38 Å². The third-order valence-corrected chi connectivity index (χ3v) is 2.05. The summed E-state index contributed by atoms with van der Waals surface area (Å²) < 4.78 is 0. The molecule has 6 nitrogen and oxygen atoms in total. The van der Waals surface area contributed by atoms with Crippen LogP contribution in [0.5, 0.6) is 0 Å². The number of primary amides is 1. The van der Waals surface area contributed by atoms with Gasteiger partial charge in [-0.3, -0.25) is 4.79 Å². The Morgan fingerprint density at radius 3 is 2.92 bits per heavy atom. The molecule has 0 fully saturated rings. The summed E-state index contributed by atoms with van der Waals surface area (Å²) in [4.78, 5) is 19.4. The summed E-state index contributed by atoms with van der Waals surface area (Å²) in [6.45, 7) is 0.